The van der Waals surface area contributed by atoms with Gasteiger partial charge in [-0.1, -0.05) is 26.0 Å². The van der Waals surface area contributed by atoms with E-state index in [1.165, 1.54) is 38.8 Å². The number of nitrogens with zero attached hydrogens (tertiary/aromatic N) is 2. The van der Waals surface area contributed by atoms with Crippen molar-refractivity contribution < 1.29 is 0 Å². The lowest BCUT2D eigenvalue weighted by Crippen LogP contribution is -2.58. The van der Waals surface area contributed by atoms with Crippen LogP contribution < -0.4 is 5.32 Å². The quantitative estimate of drug-likeness (QED) is 0.864. The molecule has 2 heterocycles. The summed E-state index contributed by atoms with van der Waals surface area (Å²) in [4.78, 5) is 7.22. The maximum atomic E-state index is 4.41. The average molecular weight is 348 g/mol. The van der Waals surface area contributed by atoms with Gasteiger partial charge in [0.15, 0.2) is 0 Å². The number of fused-ring (bicyclic) bond motifs is 4. The van der Waals surface area contributed by atoms with Crippen molar-refractivity contribution in [3.63, 3.8) is 0 Å². The molecule has 136 valence electrons. The van der Waals surface area contributed by atoms with E-state index in [9.17, 15) is 0 Å². The molecule has 3 heteroatoms. The molecule has 1 aliphatic heterocycles. The number of hydrogen-bond donors (Lipinski definition) is 1. The summed E-state index contributed by atoms with van der Waals surface area (Å²) in [6.45, 7) is 7.59. The summed E-state index contributed by atoms with van der Waals surface area (Å²) in [6, 6.07) is 13.7. The van der Waals surface area contributed by atoms with Gasteiger partial charge in [0.1, 0.15) is 5.82 Å². The molecule has 1 saturated carbocycles. The van der Waals surface area contributed by atoms with Crippen molar-refractivity contribution in [2.45, 2.75) is 51.0 Å². The third-order valence-corrected chi connectivity index (χ3v) is 7.25. The molecule has 0 spiro atoms. The maximum Gasteiger partial charge on any atom is 0.130 e. The van der Waals surface area contributed by atoms with Crippen LogP contribution in [-0.4, -0.2) is 29.0 Å². The lowest BCUT2D eigenvalue weighted by molar-refractivity contribution is 0.0284. The van der Waals surface area contributed by atoms with Crippen molar-refractivity contribution in [1.29, 1.82) is 0 Å². The van der Waals surface area contributed by atoms with Gasteiger partial charge in [0.2, 0.25) is 0 Å². The molecule has 5 rings (SSSR count). The van der Waals surface area contributed by atoms with Crippen LogP contribution in [0, 0.1) is 11.8 Å². The second-order valence-electron chi connectivity index (χ2n) is 8.88. The van der Waals surface area contributed by atoms with E-state index in [1.54, 1.807) is 11.1 Å². The molecule has 1 N–H and O–H groups in total. The van der Waals surface area contributed by atoms with E-state index in [2.05, 4.69) is 47.2 Å². The van der Waals surface area contributed by atoms with E-state index in [0.29, 0.717) is 11.3 Å². The Morgan fingerprint density at radius 2 is 2.12 bits per heavy atom. The highest BCUT2D eigenvalue weighted by Crippen LogP contribution is 2.50. The average Bonchev–Trinajstić information content (AvgIpc) is 3.46. The predicted molar refractivity (Wildman–Crippen MR) is 107 cm³/mol. The molecule has 0 radical (unpaired) electrons. The van der Waals surface area contributed by atoms with E-state index in [0.717, 1.165) is 23.5 Å². The third kappa shape index (κ3) is 2.73. The SMILES string of the molecule is C[C@H]1[C@H]2Cc3ccc(Nc4ccccn4)cc3[C@]1(C)CCN2CC1CC1. The molecule has 1 saturated heterocycles. The predicted octanol–water partition coefficient (Wildman–Crippen LogP) is 4.76. The summed E-state index contributed by atoms with van der Waals surface area (Å²) in [5.41, 5.74) is 4.57. The zero-order chi connectivity index (χ0) is 17.7. The van der Waals surface area contributed by atoms with Gasteiger partial charge in [-0.3, -0.25) is 4.90 Å². The van der Waals surface area contributed by atoms with Gasteiger partial charge in [0, 0.05) is 24.5 Å². The largest absolute Gasteiger partial charge is 0.340 e. The lowest BCUT2D eigenvalue weighted by atomic mass is 9.59. The Morgan fingerprint density at radius 3 is 2.88 bits per heavy atom. The second-order valence-corrected chi connectivity index (χ2v) is 8.88. The number of benzene rings is 1. The molecule has 2 aromatic rings. The first-order valence-electron chi connectivity index (χ1n) is 10.2. The number of nitrogens with one attached hydrogen (secondary N) is 1. The minimum absolute atomic E-state index is 0.292. The first-order valence-corrected chi connectivity index (χ1v) is 10.2. The fraction of sp³-hybridized carbons (Fsp3) is 0.522. The number of hydrogen-bond acceptors (Lipinski definition) is 3. The zero-order valence-electron chi connectivity index (χ0n) is 15.9. The van der Waals surface area contributed by atoms with Gasteiger partial charge in [-0.2, -0.15) is 0 Å². The Kier molecular flexibility index (Phi) is 3.82. The van der Waals surface area contributed by atoms with Crippen LogP contribution >= 0.6 is 0 Å². The second kappa shape index (κ2) is 6.09. The van der Waals surface area contributed by atoms with E-state index in [4.69, 9.17) is 0 Å². The van der Waals surface area contributed by atoms with Crippen LogP contribution in [0.4, 0.5) is 11.5 Å². The highest BCUT2D eigenvalue weighted by molar-refractivity contribution is 5.60. The molecular formula is C23H29N3. The van der Waals surface area contributed by atoms with Crippen molar-refractivity contribution in [2.24, 2.45) is 11.8 Å². The topological polar surface area (TPSA) is 28.2 Å². The minimum atomic E-state index is 0.292. The van der Waals surface area contributed by atoms with Crippen molar-refractivity contribution in [3.8, 4) is 0 Å². The number of anilines is 2. The van der Waals surface area contributed by atoms with Crippen molar-refractivity contribution >= 4 is 11.5 Å². The molecule has 1 aromatic carbocycles. The normalized spacial score (nSPS) is 30.7. The highest BCUT2D eigenvalue weighted by atomic mass is 15.2. The molecule has 26 heavy (non-hydrogen) atoms. The molecule has 0 unspecified atom stereocenters. The molecule has 2 bridgehead atoms. The summed E-state index contributed by atoms with van der Waals surface area (Å²) < 4.78 is 0. The first-order chi connectivity index (χ1) is 12.6. The van der Waals surface area contributed by atoms with Gasteiger partial charge in [-0.15, -0.1) is 0 Å². The summed E-state index contributed by atoms with van der Waals surface area (Å²) >= 11 is 0. The lowest BCUT2D eigenvalue weighted by Gasteiger charge is -2.55. The Balaban J connectivity index is 1.45. The van der Waals surface area contributed by atoms with E-state index >= 15 is 0 Å². The molecule has 3 nitrogen and oxygen atoms in total. The molecule has 3 aliphatic rings. The third-order valence-electron chi connectivity index (χ3n) is 7.25. The van der Waals surface area contributed by atoms with Crippen LogP contribution in [0.25, 0.3) is 0 Å². The molecule has 2 fully saturated rings. The Hall–Kier alpha value is -1.87. The molecule has 2 aliphatic carbocycles. The van der Waals surface area contributed by atoms with Crippen LogP contribution in [0.15, 0.2) is 42.6 Å². The van der Waals surface area contributed by atoms with Gasteiger partial charge in [-0.25, -0.2) is 4.98 Å². The summed E-state index contributed by atoms with van der Waals surface area (Å²) in [7, 11) is 0. The van der Waals surface area contributed by atoms with Gasteiger partial charge in [0.05, 0.1) is 0 Å². The van der Waals surface area contributed by atoms with Crippen molar-refractivity contribution in [2.75, 3.05) is 18.4 Å². The number of likely N-dealkylation sites (tertiary alicyclic amines) is 1. The van der Waals surface area contributed by atoms with Crippen LogP contribution in [0.1, 0.15) is 44.2 Å². The van der Waals surface area contributed by atoms with E-state index in [-0.39, 0.29) is 0 Å². The van der Waals surface area contributed by atoms with Crippen molar-refractivity contribution in [1.82, 2.24) is 9.88 Å². The van der Waals surface area contributed by atoms with Gasteiger partial charge < -0.3 is 5.32 Å². The Labute approximate surface area is 156 Å². The van der Waals surface area contributed by atoms with Crippen LogP contribution in [0.5, 0.6) is 0 Å². The number of aromatic nitrogens is 1. The van der Waals surface area contributed by atoms with Crippen LogP contribution in [-0.2, 0) is 11.8 Å². The fourth-order valence-corrected chi connectivity index (χ4v) is 5.23. The van der Waals surface area contributed by atoms with Crippen LogP contribution in [0.2, 0.25) is 0 Å². The highest BCUT2D eigenvalue weighted by Gasteiger charge is 2.48. The van der Waals surface area contributed by atoms with Gasteiger partial charge >= 0.3 is 0 Å². The standard InChI is InChI=1S/C23H29N3/c1-16-21-13-18-8-9-19(25-22-5-3-4-11-24-22)14-20(18)23(16,2)10-12-26(21)15-17-6-7-17/h3-5,8-9,11,14,16-17,21H,6-7,10,12-13,15H2,1-2H3,(H,24,25)/t16-,21+,23+/m0/s1. The summed E-state index contributed by atoms with van der Waals surface area (Å²) in [5.74, 6) is 2.61. The monoisotopic (exact) mass is 347 g/mol. The first kappa shape index (κ1) is 16.3. The zero-order valence-corrected chi connectivity index (χ0v) is 15.9. The number of rotatable bonds is 4. The van der Waals surface area contributed by atoms with Crippen LogP contribution in [0.3, 0.4) is 0 Å². The maximum absolute atomic E-state index is 4.41. The molecule has 1 aromatic heterocycles. The fourth-order valence-electron chi connectivity index (χ4n) is 5.23. The smallest absolute Gasteiger partial charge is 0.130 e. The van der Waals surface area contributed by atoms with Gasteiger partial charge in [-0.05, 0) is 84.9 Å². The molecular weight excluding hydrogens is 318 g/mol. The Morgan fingerprint density at radius 1 is 1.23 bits per heavy atom. The van der Waals surface area contributed by atoms with E-state index in [1.807, 2.05) is 24.4 Å². The van der Waals surface area contributed by atoms with Crippen molar-refractivity contribution in [3.05, 3.63) is 53.7 Å². The summed E-state index contributed by atoms with van der Waals surface area (Å²) in [6.07, 6.45) is 7.23. The number of piperidine rings is 1. The molecule has 3 atom stereocenters. The number of pyridine rings is 1. The Bertz CT molecular complexity index is 798. The summed E-state index contributed by atoms with van der Waals surface area (Å²) in [5, 5.41) is 3.48. The molecule has 0 amide bonds. The minimum Gasteiger partial charge on any atom is -0.340 e. The van der Waals surface area contributed by atoms with Gasteiger partial charge in [0.25, 0.3) is 0 Å². The van der Waals surface area contributed by atoms with E-state index < -0.39 is 0 Å².